The summed E-state index contributed by atoms with van der Waals surface area (Å²) >= 11 is 7.15. The predicted octanol–water partition coefficient (Wildman–Crippen LogP) is 3.42. The molecule has 1 aromatic carbocycles. The van der Waals surface area contributed by atoms with Crippen molar-refractivity contribution in [2.24, 2.45) is 0 Å². The van der Waals surface area contributed by atoms with Gasteiger partial charge in [-0.25, -0.2) is 9.78 Å². The van der Waals surface area contributed by atoms with Crippen molar-refractivity contribution in [1.29, 1.82) is 0 Å². The van der Waals surface area contributed by atoms with E-state index >= 15 is 0 Å². The number of thiazole rings is 1. The molecule has 2 N–H and O–H groups in total. The van der Waals surface area contributed by atoms with E-state index in [1.54, 1.807) is 6.92 Å². The molecule has 0 bridgehead atoms. The predicted molar refractivity (Wildman–Crippen MR) is 72.6 cm³/mol. The molecule has 0 aliphatic rings. The highest BCUT2D eigenvalue weighted by molar-refractivity contribution is 7.17. The second-order valence-electron chi connectivity index (χ2n) is 3.68. The molecule has 0 amide bonds. The zero-order valence-electron chi connectivity index (χ0n) is 9.61. The summed E-state index contributed by atoms with van der Waals surface area (Å²) in [6.45, 7) is 2.20. The van der Waals surface area contributed by atoms with Crippen LogP contribution in [0.15, 0.2) is 24.3 Å². The third kappa shape index (κ3) is 2.80. The summed E-state index contributed by atoms with van der Waals surface area (Å²) in [6.07, 6.45) is 0. The largest absolute Gasteiger partial charge is 0.477 e. The third-order valence-electron chi connectivity index (χ3n) is 2.38. The Kier molecular flexibility index (Phi) is 3.84. The van der Waals surface area contributed by atoms with E-state index in [2.05, 4.69) is 10.3 Å². The molecule has 0 aliphatic carbocycles. The molecule has 1 aromatic heterocycles. The molecule has 0 atom stereocenters. The van der Waals surface area contributed by atoms with E-state index in [0.29, 0.717) is 22.4 Å². The van der Waals surface area contributed by atoms with Gasteiger partial charge < -0.3 is 10.4 Å². The lowest BCUT2D eigenvalue weighted by molar-refractivity contribution is 0.0701. The number of halogens is 1. The van der Waals surface area contributed by atoms with Crippen LogP contribution < -0.4 is 5.32 Å². The Morgan fingerprint density at radius 1 is 1.50 bits per heavy atom. The van der Waals surface area contributed by atoms with E-state index < -0.39 is 5.97 Å². The Morgan fingerprint density at radius 3 is 2.83 bits per heavy atom. The van der Waals surface area contributed by atoms with E-state index in [4.69, 9.17) is 16.7 Å². The number of benzene rings is 1. The Morgan fingerprint density at radius 2 is 2.22 bits per heavy atom. The molecule has 0 fully saturated rings. The van der Waals surface area contributed by atoms with Crippen LogP contribution in [0.5, 0.6) is 0 Å². The molecular formula is C12H11ClN2O2S. The number of nitrogens with zero attached hydrogens (tertiary/aromatic N) is 1. The van der Waals surface area contributed by atoms with Crippen LogP contribution in [-0.2, 0) is 6.54 Å². The summed E-state index contributed by atoms with van der Waals surface area (Å²) < 4.78 is 0. The van der Waals surface area contributed by atoms with Gasteiger partial charge in [0.1, 0.15) is 4.88 Å². The normalized spacial score (nSPS) is 10.3. The lowest BCUT2D eigenvalue weighted by Crippen LogP contribution is -1.99. The lowest BCUT2D eigenvalue weighted by atomic mass is 10.2. The second-order valence-corrected chi connectivity index (χ2v) is 5.09. The van der Waals surface area contributed by atoms with E-state index in [-0.39, 0.29) is 4.88 Å². The molecular weight excluding hydrogens is 272 g/mol. The number of hydrogen-bond acceptors (Lipinski definition) is 4. The van der Waals surface area contributed by atoms with Crippen LogP contribution in [0, 0.1) is 6.92 Å². The number of aromatic nitrogens is 1. The Balaban J connectivity index is 2.09. The quantitative estimate of drug-likeness (QED) is 0.902. The average molecular weight is 283 g/mol. The molecule has 2 aromatic rings. The number of hydrogen-bond donors (Lipinski definition) is 2. The number of aryl methyl sites for hydroxylation is 1. The van der Waals surface area contributed by atoms with Crippen molar-refractivity contribution in [2.45, 2.75) is 13.5 Å². The average Bonchev–Trinajstić information content (AvgIpc) is 2.70. The minimum Gasteiger partial charge on any atom is -0.477 e. The first-order valence-electron chi connectivity index (χ1n) is 5.26. The summed E-state index contributed by atoms with van der Waals surface area (Å²) in [4.78, 5) is 15.3. The minimum absolute atomic E-state index is 0.261. The molecule has 0 aliphatic heterocycles. The van der Waals surface area contributed by atoms with Gasteiger partial charge in [-0.05, 0) is 18.6 Å². The van der Waals surface area contributed by atoms with Crippen molar-refractivity contribution in [3.8, 4) is 0 Å². The SMILES string of the molecule is Cc1nc(NCc2ccccc2Cl)sc1C(=O)O. The van der Waals surface area contributed by atoms with Crippen LogP contribution in [0.4, 0.5) is 5.13 Å². The van der Waals surface area contributed by atoms with Gasteiger partial charge in [-0.3, -0.25) is 0 Å². The molecule has 6 heteroatoms. The van der Waals surface area contributed by atoms with E-state index in [0.717, 1.165) is 16.9 Å². The van der Waals surface area contributed by atoms with Gasteiger partial charge in [0.2, 0.25) is 0 Å². The number of rotatable bonds is 4. The Labute approximate surface area is 113 Å². The second kappa shape index (κ2) is 5.37. The fourth-order valence-electron chi connectivity index (χ4n) is 1.48. The molecule has 0 spiro atoms. The van der Waals surface area contributed by atoms with Gasteiger partial charge in [0.05, 0.1) is 5.69 Å². The summed E-state index contributed by atoms with van der Waals surface area (Å²) in [7, 11) is 0. The van der Waals surface area contributed by atoms with Gasteiger partial charge in [-0.2, -0.15) is 0 Å². The highest BCUT2D eigenvalue weighted by Gasteiger charge is 2.13. The third-order valence-corrected chi connectivity index (χ3v) is 3.85. The summed E-state index contributed by atoms with van der Waals surface area (Å²) in [5, 5.41) is 13.3. The maximum absolute atomic E-state index is 10.9. The van der Waals surface area contributed by atoms with Gasteiger partial charge in [-0.1, -0.05) is 41.1 Å². The van der Waals surface area contributed by atoms with Crippen molar-refractivity contribution in [2.75, 3.05) is 5.32 Å². The highest BCUT2D eigenvalue weighted by Crippen LogP contribution is 2.24. The number of carboxylic acids is 1. The first-order chi connectivity index (χ1) is 8.58. The van der Waals surface area contributed by atoms with Crippen LogP contribution in [0.2, 0.25) is 5.02 Å². The number of anilines is 1. The van der Waals surface area contributed by atoms with Crippen LogP contribution in [0.25, 0.3) is 0 Å². The summed E-state index contributed by atoms with van der Waals surface area (Å²) in [6, 6.07) is 7.49. The molecule has 94 valence electrons. The number of carbonyl (C=O) groups is 1. The van der Waals surface area contributed by atoms with Crippen molar-refractivity contribution in [1.82, 2.24) is 4.98 Å². The van der Waals surface area contributed by atoms with Crippen LogP contribution >= 0.6 is 22.9 Å². The molecule has 0 saturated carbocycles. The van der Waals surface area contributed by atoms with Crippen molar-refractivity contribution in [3.05, 3.63) is 45.4 Å². The van der Waals surface area contributed by atoms with E-state index in [9.17, 15) is 4.79 Å². The van der Waals surface area contributed by atoms with E-state index in [1.807, 2.05) is 24.3 Å². The van der Waals surface area contributed by atoms with Gasteiger partial charge in [-0.15, -0.1) is 0 Å². The molecule has 0 saturated heterocycles. The zero-order valence-corrected chi connectivity index (χ0v) is 11.2. The lowest BCUT2D eigenvalue weighted by Gasteiger charge is -2.04. The van der Waals surface area contributed by atoms with Crippen molar-refractivity contribution >= 4 is 34.0 Å². The van der Waals surface area contributed by atoms with Crippen LogP contribution in [0.3, 0.4) is 0 Å². The maximum atomic E-state index is 10.9. The molecule has 1 heterocycles. The van der Waals surface area contributed by atoms with Crippen LogP contribution in [0.1, 0.15) is 20.9 Å². The standard InChI is InChI=1S/C12H11ClN2O2S/c1-7-10(11(16)17)18-12(15-7)14-6-8-4-2-3-5-9(8)13/h2-5H,6H2,1H3,(H,14,15)(H,16,17). The summed E-state index contributed by atoms with van der Waals surface area (Å²) in [5.41, 5.74) is 1.47. The summed E-state index contributed by atoms with van der Waals surface area (Å²) in [5.74, 6) is -0.948. The first kappa shape index (κ1) is 12.9. The highest BCUT2D eigenvalue weighted by atomic mass is 35.5. The fraction of sp³-hybridized carbons (Fsp3) is 0.167. The van der Waals surface area contributed by atoms with Crippen LogP contribution in [-0.4, -0.2) is 16.1 Å². The monoisotopic (exact) mass is 282 g/mol. The topological polar surface area (TPSA) is 62.2 Å². The zero-order chi connectivity index (χ0) is 13.1. The van der Waals surface area contributed by atoms with Gasteiger partial charge >= 0.3 is 5.97 Å². The van der Waals surface area contributed by atoms with Crippen molar-refractivity contribution in [3.63, 3.8) is 0 Å². The van der Waals surface area contributed by atoms with Crippen molar-refractivity contribution < 1.29 is 9.90 Å². The number of carboxylic acid groups (broad SMARTS) is 1. The fourth-order valence-corrected chi connectivity index (χ4v) is 2.49. The van der Waals surface area contributed by atoms with Gasteiger partial charge in [0, 0.05) is 11.6 Å². The Bertz CT molecular complexity index is 583. The molecule has 2 rings (SSSR count). The number of nitrogens with one attached hydrogen (secondary N) is 1. The molecule has 0 radical (unpaired) electrons. The number of aromatic carboxylic acids is 1. The molecule has 0 unspecified atom stereocenters. The van der Waals surface area contributed by atoms with Gasteiger partial charge in [0.25, 0.3) is 0 Å². The first-order valence-corrected chi connectivity index (χ1v) is 6.45. The minimum atomic E-state index is -0.948. The molecule has 18 heavy (non-hydrogen) atoms. The van der Waals surface area contributed by atoms with E-state index in [1.165, 1.54) is 0 Å². The van der Waals surface area contributed by atoms with Gasteiger partial charge in [0.15, 0.2) is 5.13 Å². The Hall–Kier alpha value is -1.59. The molecule has 4 nitrogen and oxygen atoms in total. The maximum Gasteiger partial charge on any atom is 0.347 e. The smallest absolute Gasteiger partial charge is 0.347 e.